The van der Waals surface area contributed by atoms with E-state index in [9.17, 15) is 18.0 Å². The van der Waals surface area contributed by atoms with E-state index in [4.69, 9.17) is 12.2 Å². The zero-order chi connectivity index (χ0) is 19.6. The molecular formula is C20H14F3NOS2. The zero-order valence-corrected chi connectivity index (χ0v) is 15.8. The number of amides is 1. The molecule has 2 aromatic rings. The van der Waals surface area contributed by atoms with E-state index in [2.05, 4.69) is 0 Å². The number of hydrogen-bond acceptors (Lipinski definition) is 3. The molecule has 2 aromatic carbocycles. The van der Waals surface area contributed by atoms with E-state index in [1.54, 1.807) is 6.08 Å². The molecule has 3 rings (SSSR count). The van der Waals surface area contributed by atoms with Gasteiger partial charge in [-0.3, -0.25) is 9.69 Å². The minimum Gasteiger partial charge on any atom is -0.268 e. The third-order valence-corrected chi connectivity index (χ3v) is 5.08. The fourth-order valence-electron chi connectivity index (χ4n) is 2.57. The van der Waals surface area contributed by atoms with Crippen molar-refractivity contribution in [2.45, 2.75) is 13.1 Å². The van der Waals surface area contributed by atoms with Crippen molar-refractivity contribution in [3.63, 3.8) is 0 Å². The number of thiocarbonyl (C=S) groups is 1. The Bertz CT molecular complexity index is 949. The molecule has 138 valence electrons. The van der Waals surface area contributed by atoms with Crippen molar-refractivity contribution >= 4 is 46.0 Å². The van der Waals surface area contributed by atoms with E-state index in [1.807, 2.05) is 43.3 Å². The molecule has 1 aliphatic heterocycles. The zero-order valence-electron chi connectivity index (χ0n) is 14.2. The number of alkyl halides is 3. The van der Waals surface area contributed by atoms with Gasteiger partial charge in [0.15, 0.2) is 4.32 Å². The Morgan fingerprint density at radius 3 is 2.48 bits per heavy atom. The molecule has 0 aromatic heterocycles. The van der Waals surface area contributed by atoms with Crippen LogP contribution in [-0.2, 0) is 11.0 Å². The average Bonchev–Trinajstić information content (AvgIpc) is 2.88. The lowest BCUT2D eigenvalue weighted by atomic mass is 10.1. The smallest absolute Gasteiger partial charge is 0.268 e. The first-order chi connectivity index (χ1) is 12.8. The molecule has 0 radical (unpaired) electrons. The second-order valence-corrected chi connectivity index (χ2v) is 7.54. The maximum absolute atomic E-state index is 12.9. The molecular weight excluding hydrogens is 391 g/mol. The number of allylic oxidation sites excluding steroid dienone is 2. The Morgan fingerprint density at radius 1 is 1.11 bits per heavy atom. The normalized spacial score (nSPS) is 17.1. The van der Waals surface area contributed by atoms with Crippen LogP contribution in [0.25, 0.3) is 6.08 Å². The van der Waals surface area contributed by atoms with Crippen molar-refractivity contribution in [3.05, 3.63) is 82.3 Å². The van der Waals surface area contributed by atoms with Crippen molar-refractivity contribution in [2.24, 2.45) is 0 Å². The molecule has 7 heteroatoms. The van der Waals surface area contributed by atoms with Gasteiger partial charge in [0.1, 0.15) is 0 Å². The SMILES string of the molecule is CC(=C/c1ccccc1)/C=C1\SC(=S)N(c2cccc(C(F)(F)F)c2)C1=O. The molecule has 0 saturated carbocycles. The van der Waals surface area contributed by atoms with Crippen LogP contribution in [0, 0.1) is 0 Å². The predicted molar refractivity (Wildman–Crippen MR) is 107 cm³/mol. The Hall–Kier alpha value is -2.38. The van der Waals surface area contributed by atoms with Gasteiger partial charge in [0.05, 0.1) is 16.2 Å². The lowest BCUT2D eigenvalue weighted by Gasteiger charge is -2.16. The lowest BCUT2D eigenvalue weighted by Crippen LogP contribution is -2.27. The molecule has 1 aliphatic rings. The Kier molecular flexibility index (Phi) is 5.53. The van der Waals surface area contributed by atoms with Crippen LogP contribution in [0.4, 0.5) is 18.9 Å². The fourth-order valence-corrected chi connectivity index (χ4v) is 3.92. The van der Waals surface area contributed by atoms with Gasteiger partial charge in [0, 0.05) is 0 Å². The topological polar surface area (TPSA) is 20.3 Å². The molecule has 1 saturated heterocycles. The second kappa shape index (κ2) is 7.70. The van der Waals surface area contributed by atoms with Crippen LogP contribution in [0.5, 0.6) is 0 Å². The summed E-state index contributed by atoms with van der Waals surface area (Å²) in [5.41, 5.74) is 1.11. The molecule has 0 N–H and O–H groups in total. The number of thioether (sulfide) groups is 1. The third kappa shape index (κ3) is 4.48. The minimum absolute atomic E-state index is 0.111. The maximum atomic E-state index is 12.9. The van der Waals surface area contributed by atoms with Gasteiger partial charge >= 0.3 is 6.18 Å². The summed E-state index contributed by atoms with van der Waals surface area (Å²) in [7, 11) is 0. The number of anilines is 1. The number of benzene rings is 2. The summed E-state index contributed by atoms with van der Waals surface area (Å²) in [5, 5.41) is 0. The number of carbonyl (C=O) groups excluding carboxylic acids is 1. The lowest BCUT2D eigenvalue weighted by molar-refractivity contribution is -0.137. The van der Waals surface area contributed by atoms with E-state index in [1.165, 1.54) is 12.1 Å². The van der Waals surface area contributed by atoms with E-state index in [0.29, 0.717) is 4.91 Å². The van der Waals surface area contributed by atoms with Crippen LogP contribution in [0.3, 0.4) is 0 Å². The number of halogens is 3. The van der Waals surface area contributed by atoms with Crippen LogP contribution in [0.15, 0.2) is 71.2 Å². The van der Waals surface area contributed by atoms with Gasteiger partial charge in [-0.05, 0) is 42.3 Å². The number of hydrogen-bond donors (Lipinski definition) is 0. The number of nitrogens with zero attached hydrogens (tertiary/aromatic N) is 1. The largest absolute Gasteiger partial charge is 0.416 e. The Morgan fingerprint density at radius 2 is 1.81 bits per heavy atom. The Balaban J connectivity index is 1.88. The third-order valence-electron chi connectivity index (χ3n) is 3.78. The summed E-state index contributed by atoms with van der Waals surface area (Å²) < 4.78 is 39.0. The van der Waals surface area contributed by atoms with E-state index < -0.39 is 17.6 Å². The quantitative estimate of drug-likeness (QED) is 0.457. The second-order valence-electron chi connectivity index (χ2n) is 5.86. The fraction of sp³-hybridized carbons (Fsp3) is 0.100. The molecule has 1 fully saturated rings. The van der Waals surface area contributed by atoms with Crippen LogP contribution in [0.1, 0.15) is 18.1 Å². The van der Waals surface area contributed by atoms with Gasteiger partial charge in [-0.15, -0.1) is 0 Å². The molecule has 27 heavy (non-hydrogen) atoms. The number of rotatable bonds is 3. The van der Waals surface area contributed by atoms with Gasteiger partial charge in [-0.2, -0.15) is 13.2 Å². The van der Waals surface area contributed by atoms with Crippen molar-refractivity contribution in [1.29, 1.82) is 0 Å². The number of carbonyl (C=O) groups is 1. The first-order valence-electron chi connectivity index (χ1n) is 7.94. The van der Waals surface area contributed by atoms with Crippen molar-refractivity contribution in [1.82, 2.24) is 0 Å². The van der Waals surface area contributed by atoms with Crippen LogP contribution in [0.2, 0.25) is 0 Å². The van der Waals surface area contributed by atoms with E-state index >= 15 is 0 Å². The molecule has 2 nitrogen and oxygen atoms in total. The highest BCUT2D eigenvalue weighted by molar-refractivity contribution is 8.27. The molecule has 1 heterocycles. The van der Waals surface area contributed by atoms with Gasteiger partial charge in [-0.25, -0.2) is 0 Å². The van der Waals surface area contributed by atoms with Gasteiger partial charge in [-0.1, -0.05) is 66.5 Å². The van der Waals surface area contributed by atoms with Gasteiger partial charge in [0.2, 0.25) is 0 Å². The first-order valence-corrected chi connectivity index (χ1v) is 9.17. The highest BCUT2D eigenvalue weighted by Gasteiger charge is 2.35. The summed E-state index contributed by atoms with van der Waals surface area (Å²) in [6.45, 7) is 1.85. The van der Waals surface area contributed by atoms with Crippen LogP contribution in [-0.4, -0.2) is 10.2 Å². The summed E-state index contributed by atoms with van der Waals surface area (Å²) >= 11 is 6.30. The summed E-state index contributed by atoms with van der Waals surface area (Å²) in [6.07, 6.45) is -0.877. The van der Waals surface area contributed by atoms with Gasteiger partial charge in [0.25, 0.3) is 5.91 Å². The molecule has 0 aliphatic carbocycles. The molecule has 1 amide bonds. The highest BCUT2D eigenvalue weighted by atomic mass is 32.2. The van der Waals surface area contributed by atoms with Crippen molar-refractivity contribution < 1.29 is 18.0 Å². The van der Waals surface area contributed by atoms with Crippen LogP contribution >= 0.6 is 24.0 Å². The van der Waals surface area contributed by atoms with E-state index in [0.717, 1.165) is 39.9 Å². The molecule has 0 unspecified atom stereocenters. The monoisotopic (exact) mass is 405 g/mol. The van der Waals surface area contributed by atoms with Crippen molar-refractivity contribution in [3.8, 4) is 0 Å². The first kappa shape index (κ1) is 19.4. The Labute approximate surface area is 164 Å². The van der Waals surface area contributed by atoms with Crippen LogP contribution < -0.4 is 4.90 Å². The van der Waals surface area contributed by atoms with Gasteiger partial charge < -0.3 is 0 Å². The standard InChI is InChI=1S/C20H14F3NOS2/c1-13(10-14-6-3-2-4-7-14)11-17-18(25)24(19(26)27-17)16-9-5-8-15(12-16)20(21,22)23/h2-12H,1H3/b13-10-,17-11-. The molecule has 0 atom stereocenters. The summed E-state index contributed by atoms with van der Waals surface area (Å²) in [6, 6.07) is 14.2. The van der Waals surface area contributed by atoms with Crippen molar-refractivity contribution in [2.75, 3.05) is 4.90 Å². The summed E-state index contributed by atoms with van der Waals surface area (Å²) in [4.78, 5) is 14.2. The van der Waals surface area contributed by atoms with E-state index in [-0.39, 0.29) is 10.0 Å². The minimum atomic E-state index is -4.48. The molecule has 0 spiro atoms. The highest BCUT2D eigenvalue weighted by Crippen LogP contribution is 2.38. The average molecular weight is 405 g/mol. The maximum Gasteiger partial charge on any atom is 0.416 e. The molecule has 0 bridgehead atoms. The predicted octanol–water partition coefficient (Wildman–Crippen LogP) is 6.06. The summed E-state index contributed by atoms with van der Waals surface area (Å²) in [5.74, 6) is -0.426.